The van der Waals surface area contributed by atoms with Crippen LogP contribution in [0.15, 0.2) is 18.2 Å². The highest BCUT2D eigenvalue weighted by molar-refractivity contribution is 5.40. The first kappa shape index (κ1) is 10.3. The first-order valence-electron chi connectivity index (χ1n) is 6.19. The Bertz CT molecular complexity index is 394. The monoisotopic (exact) mass is 217 g/mol. The lowest BCUT2D eigenvalue weighted by Crippen LogP contribution is -2.46. The highest BCUT2D eigenvalue weighted by Crippen LogP contribution is 2.38. The number of hydrogen-bond donors (Lipinski definition) is 1. The van der Waals surface area contributed by atoms with Crippen molar-refractivity contribution < 1.29 is 4.74 Å². The summed E-state index contributed by atoms with van der Waals surface area (Å²) in [5.41, 5.74) is 4.79. The maximum absolute atomic E-state index is 5.51. The minimum Gasteiger partial charge on any atom is -0.381 e. The molecule has 16 heavy (non-hydrogen) atoms. The van der Waals surface area contributed by atoms with Gasteiger partial charge in [-0.1, -0.05) is 23.8 Å². The van der Waals surface area contributed by atoms with Gasteiger partial charge in [-0.2, -0.15) is 0 Å². The molecule has 2 heteroatoms. The van der Waals surface area contributed by atoms with Crippen molar-refractivity contribution in [3.8, 4) is 0 Å². The van der Waals surface area contributed by atoms with Gasteiger partial charge in [-0.25, -0.2) is 0 Å². The Hall–Kier alpha value is -0.860. The van der Waals surface area contributed by atoms with E-state index in [0.717, 1.165) is 39.1 Å². The van der Waals surface area contributed by atoms with E-state index in [-0.39, 0.29) is 0 Å². The van der Waals surface area contributed by atoms with E-state index in [0.29, 0.717) is 5.41 Å². The molecule has 0 aliphatic carbocycles. The molecular weight excluding hydrogens is 198 g/mol. The Morgan fingerprint density at radius 1 is 1.25 bits per heavy atom. The minimum absolute atomic E-state index is 0.345. The number of rotatable bonds is 0. The van der Waals surface area contributed by atoms with Crippen LogP contribution in [0.2, 0.25) is 0 Å². The maximum Gasteiger partial charge on any atom is 0.0475 e. The number of fused-ring (bicyclic) bond motifs is 2. The third-order valence-electron chi connectivity index (χ3n) is 4.07. The predicted molar refractivity (Wildman–Crippen MR) is 64.6 cm³/mol. The van der Waals surface area contributed by atoms with Gasteiger partial charge in [-0.3, -0.25) is 0 Å². The van der Waals surface area contributed by atoms with Crippen LogP contribution in [0.4, 0.5) is 0 Å². The van der Waals surface area contributed by atoms with E-state index in [1.54, 1.807) is 5.56 Å². The quantitative estimate of drug-likeness (QED) is 0.719. The number of benzene rings is 1. The van der Waals surface area contributed by atoms with E-state index >= 15 is 0 Å². The third-order valence-corrected chi connectivity index (χ3v) is 4.07. The molecule has 1 fully saturated rings. The van der Waals surface area contributed by atoms with Crippen molar-refractivity contribution in [1.29, 1.82) is 0 Å². The zero-order valence-corrected chi connectivity index (χ0v) is 9.88. The Morgan fingerprint density at radius 3 is 2.88 bits per heavy atom. The van der Waals surface area contributed by atoms with E-state index in [1.807, 2.05) is 0 Å². The van der Waals surface area contributed by atoms with Crippen LogP contribution in [-0.4, -0.2) is 19.8 Å². The van der Waals surface area contributed by atoms with Gasteiger partial charge >= 0.3 is 0 Å². The lowest BCUT2D eigenvalue weighted by atomic mass is 9.70. The van der Waals surface area contributed by atoms with Crippen molar-refractivity contribution in [1.82, 2.24) is 5.32 Å². The van der Waals surface area contributed by atoms with Crippen molar-refractivity contribution in [2.75, 3.05) is 19.8 Å². The van der Waals surface area contributed by atoms with E-state index in [2.05, 4.69) is 30.4 Å². The van der Waals surface area contributed by atoms with Crippen molar-refractivity contribution >= 4 is 0 Å². The van der Waals surface area contributed by atoms with Gasteiger partial charge in [-0.05, 0) is 30.9 Å². The molecule has 1 N–H and O–H groups in total. The second-order valence-electron chi connectivity index (χ2n) is 5.16. The van der Waals surface area contributed by atoms with Crippen LogP contribution >= 0.6 is 0 Å². The molecule has 2 nitrogen and oxygen atoms in total. The summed E-state index contributed by atoms with van der Waals surface area (Å²) in [5, 5.41) is 3.57. The second-order valence-corrected chi connectivity index (χ2v) is 5.16. The van der Waals surface area contributed by atoms with Crippen LogP contribution in [-0.2, 0) is 16.7 Å². The van der Waals surface area contributed by atoms with Crippen molar-refractivity contribution in [3.63, 3.8) is 0 Å². The third kappa shape index (κ3) is 1.57. The molecule has 2 aliphatic heterocycles. The average Bonchev–Trinajstić information content (AvgIpc) is 2.32. The molecule has 0 aromatic heterocycles. The Labute approximate surface area is 97.0 Å². The zero-order valence-electron chi connectivity index (χ0n) is 9.88. The Balaban J connectivity index is 2.06. The van der Waals surface area contributed by atoms with Gasteiger partial charge in [0.25, 0.3) is 0 Å². The van der Waals surface area contributed by atoms with Crippen molar-refractivity contribution in [2.45, 2.75) is 31.7 Å². The van der Waals surface area contributed by atoms with Crippen LogP contribution in [0.25, 0.3) is 0 Å². The predicted octanol–water partition coefficient (Wildman–Crippen LogP) is 2.15. The largest absolute Gasteiger partial charge is 0.381 e. The summed E-state index contributed by atoms with van der Waals surface area (Å²) in [6, 6.07) is 6.90. The van der Waals surface area contributed by atoms with Crippen LogP contribution in [0, 0.1) is 6.92 Å². The second kappa shape index (κ2) is 3.86. The summed E-state index contributed by atoms with van der Waals surface area (Å²) in [6.07, 6.45) is 2.33. The maximum atomic E-state index is 5.51. The SMILES string of the molecule is Cc1ccc2c(c1)C1(CCOCC1)CNC2. The molecule has 0 bridgehead atoms. The molecule has 2 aliphatic rings. The van der Waals surface area contributed by atoms with Gasteiger partial charge < -0.3 is 10.1 Å². The standard InChI is InChI=1S/C14H19NO/c1-11-2-3-12-9-15-10-14(13(12)8-11)4-6-16-7-5-14/h2-3,8,15H,4-7,9-10H2,1H3. The van der Waals surface area contributed by atoms with Crippen molar-refractivity contribution in [3.05, 3.63) is 34.9 Å². The topological polar surface area (TPSA) is 21.3 Å². The van der Waals surface area contributed by atoms with E-state index in [9.17, 15) is 0 Å². The highest BCUT2D eigenvalue weighted by Gasteiger charge is 2.37. The Morgan fingerprint density at radius 2 is 2.06 bits per heavy atom. The molecule has 2 heterocycles. The first-order chi connectivity index (χ1) is 7.80. The molecule has 1 aromatic carbocycles. The van der Waals surface area contributed by atoms with Gasteiger partial charge in [0.05, 0.1) is 0 Å². The molecule has 1 saturated heterocycles. The molecule has 1 spiro atoms. The van der Waals surface area contributed by atoms with E-state index in [1.165, 1.54) is 11.1 Å². The molecule has 0 atom stereocenters. The fourth-order valence-corrected chi connectivity index (χ4v) is 3.08. The summed E-state index contributed by atoms with van der Waals surface area (Å²) in [6.45, 7) is 6.16. The first-order valence-corrected chi connectivity index (χ1v) is 6.19. The summed E-state index contributed by atoms with van der Waals surface area (Å²) in [5.74, 6) is 0. The zero-order chi connectivity index (χ0) is 11.0. The summed E-state index contributed by atoms with van der Waals surface area (Å²) in [4.78, 5) is 0. The number of aryl methyl sites for hydroxylation is 1. The van der Waals surface area contributed by atoms with Gasteiger partial charge in [-0.15, -0.1) is 0 Å². The molecule has 1 aromatic rings. The minimum atomic E-state index is 0.345. The smallest absolute Gasteiger partial charge is 0.0475 e. The highest BCUT2D eigenvalue weighted by atomic mass is 16.5. The number of hydrogen-bond acceptors (Lipinski definition) is 2. The molecule has 0 unspecified atom stereocenters. The van der Waals surface area contributed by atoms with Gasteiger partial charge in [0.2, 0.25) is 0 Å². The summed E-state index contributed by atoms with van der Waals surface area (Å²) < 4.78 is 5.51. The van der Waals surface area contributed by atoms with Crippen LogP contribution in [0.5, 0.6) is 0 Å². The molecule has 3 rings (SSSR count). The van der Waals surface area contributed by atoms with Crippen LogP contribution < -0.4 is 5.32 Å². The van der Waals surface area contributed by atoms with Crippen molar-refractivity contribution in [2.24, 2.45) is 0 Å². The van der Waals surface area contributed by atoms with E-state index < -0.39 is 0 Å². The van der Waals surface area contributed by atoms with Gasteiger partial charge in [0, 0.05) is 31.7 Å². The molecule has 0 saturated carbocycles. The van der Waals surface area contributed by atoms with Gasteiger partial charge in [0.1, 0.15) is 0 Å². The average molecular weight is 217 g/mol. The lowest BCUT2D eigenvalue weighted by molar-refractivity contribution is 0.0471. The van der Waals surface area contributed by atoms with E-state index in [4.69, 9.17) is 4.74 Å². The lowest BCUT2D eigenvalue weighted by Gasteiger charge is -2.42. The van der Waals surface area contributed by atoms with Gasteiger partial charge in [0.15, 0.2) is 0 Å². The molecular formula is C14H19NO. The molecule has 0 radical (unpaired) electrons. The van der Waals surface area contributed by atoms with Crippen LogP contribution in [0.1, 0.15) is 29.5 Å². The van der Waals surface area contributed by atoms with Crippen LogP contribution in [0.3, 0.4) is 0 Å². The Kier molecular flexibility index (Phi) is 2.49. The normalized spacial score (nSPS) is 23.1. The molecule has 0 amide bonds. The molecule has 86 valence electrons. The summed E-state index contributed by atoms with van der Waals surface area (Å²) in [7, 11) is 0. The fourth-order valence-electron chi connectivity index (χ4n) is 3.08. The summed E-state index contributed by atoms with van der Waals surface area (Å²) >= 11 is 0. The number of nitrogens with one attached hydrogen (secondary N) is 1. The number of ether oxygens (including phenoxy) is 1. The fraction of sp³-hybridized carbons (Fsp3) is 0.571.